The Kier molecular flexibility index (Phi) is 7.46. The van der Waals surface area contributed by atoms with Crippen LogP contribution in [0.25, 0.3) is 22.0 Å². The first kappa shape index (κ1) is 28.9. The fourth-order valence-electron chi connectivity index (χ4n) is 6.02. The smallest absolute Gasteiger partial charge is 0.248 e. The Morgan fingerprint density at radius 1 is 1.14 bits per heavy atom. The van der Waals surface area contributed by atoms with Crippen molar-refractivity contribution in [1.82, 2.24) is 34.9 Å². The van der Waals surface area contributed by atoms with E-state index in [1.807, 2.05) is 25.1 Å². The van der Waals surface area contributed by atoms with Gasteiger partial charge in [-0.2, -0.15) is 5.10 Å². The van der Waals surface area contributed by atoms with E-state index in [2.05, 4.69) is 46.6 Å². The highest BCUT2D eigenvalue weighted by Crippen LogP contribution is 2.59. The van der Waals surface area contributed by atoms with Gasteiger partial charge in [-0.15, -0.1) is 0 Å². The monoisotopic (exact) mass is 646 g/mol. The Hall–Kier alpha value is -4.23. The molecule has 3 amide bonds. The van der Waals surface area contributed by atoms with E-state index >= 15 is 0 Å². The lowest BCUT2D eigenvalue weighted by Gasteiger charge is -2.27. The maximum Gasteiger partial charge on any atom is 0.248 e. The third kappa shape index (κ3) is 5.62. The second-order valence-electron chi connectivity index (χ2n) is 11.3. The summed E-state index contributed by atoms with van der Waals surface area (Å²) < 4.78 is 2.16. The summed E-state index contributed by atoms with van der Waals surface area (Å²) in [4.78, 5) is 53.7. The van der Waals surface area contributed by atoms with Gasteiger partial charge in [0, 0.05) is 48.3 Å². The molecule has 1 saturated heterocycles. The van der Waals surface area contributed by atoms with Gasteiger partial charge in [-0.1, -0.05) is 12.1 Å². The summed E-state index contributed by atoms with van der Waals surface area (Å²) in [6.45, 7) is 5.17. The summed E-state index contributed by atoms with van der Waals surface area (Å²) in [5, 5.41) is 21.6. The number of aryl methyl sites for hydroxylation is 1. The van der Waals surface area contributed by atoms with E-state index in [1.165, 1.54) is 6.92 Å². The number of carbonyl (C=O) groups excluding carboxylic acids is 3. The molecule has 3 N–H and O–H groups in total. The lowest BCUT2D eigenvalue weighted by Crippen LogP contribution is -2.46. The Balaban J connectivity index is 1.30. The molecule has 1 aromatic carbocycles. The summed E-state index contributed by atoms with van der Waals surface area (Å²) >= 11 is 3.32. The van der Waals surface area contributed by atoms with E-state index in [-0.39, 0.29) is 35.7 Å². The summed E-state index contributed by atoms with van der Waals surface area (Å²) in [5.41, 5.74) is 2.44. The van der Waals surface area contributed by atoms with Gasteiger partial charge in [0.1, 0.15) is 28.8 Å². The quantitative estimate of drug-likeness (QED) is 0.247. The minimum Gasteiger partial charge on any atom is -0.387 e. The van der Waals surface area contributed by atoms with Crippen LogP contribution in [0.4, 0.5) is 5.82 Å². The van der Waals surface area contributed by atoms with Gasteiger partial charge in [0.15, 0.2) is 0 Å². The normalized spacial score (nSPS) is 21.4. The highest BCUT2D eigenvalue weighted by molar-refractivity contribution is 9.10. The fraction of sp³-hybridized carbons (Fsp3) is 0.367. The van der Waals surface area contributed by atoms with Gasteiger partial charge in [-0.05, 0) is 72.4 Å². The van der Waals surface area contributed by atoms with Crippen molar-refractivity contribution in [2.24, 2.45) is 5.41 Å². The van der Waals surface area contributed by atoms with E-state index in [1.54, 1.807) is 47.1 Å². The van der Waals surface area contributed by atoms with Crippen LogP contribution in [0.15, 0.2) is 53.4 Å². The first-order valence-electron chi connectivity index (χ1n) is 14.0. The SMILES string of the molecule is CC(=O)NC[C@@]12C[C@@H]1N(C(=O)Cn1nc(C(C)O)c3cc(-c4cnc(C)nc4)ccc31)[C@H](C(=O)Nc1cccc(Br)n1)C2. The van der Waals surface area contributed by atoms with Crippen molar-refractivity contribution in [2.45, 2.75) is 58.3 Å². The number of likely N-dealkylation sites (tertiary alicyclic amines) is 1. The molecular formula is C30H31BrN8O4. The number of hydrogen-bond acceptors (Lipinski definition) is 8. The zero-order chi connectivity index (χ0) is 30.5. The summed E-state index contributed by atoms with van der Waals surface area (Å²) in [5.74, 6) is 0.270. The molecule has 13 heteroatoms. The van der Waals surface area contributed by atoms with Crippen LogP contribution in [0, 0.1) is 12.3 Å². The van der Waals surface area contributed by atoms with Crippen molar-refractivity contribution in [3.05, 3.63) is 64.9 Å². The number of benzene rings is 1. The molecule has 12 nitrogen and oxygen atoms in total. The minimum atomic E-state index is -0.875. The molecule has 0 radical (unpaired) electrons. The number of piperidine rings is 1. The number of carbonyl (C=O) groups is 3. The number of halogens is 1. The van der Waals surface area contributed by atoms with Crippen molar-refractivity contribution in [3.8, 4) is 11.1 Å². The molecule has 4 atom stereocenters. The Labute approximate surface area is 256 Å². The number of aliphatic hydroxyl groups is 1. The van der Waals surface area contributed by atoms with Crippen LogP contribution in [0.2, 0.25) is 0 Å². The molecule has 43 heavy (non-hydrogen) atoms. The van der Waals surface area contributed by atoms with E-state index in [0.717, 1.165) is 11.1 Å². The van der Waals surface area contributed by atoms with E-state index in [0.29, 0.717) is 52.2 Å². The van der Waals surface area contributed by atoms with E-state index in [9.17, 15) is 19.5 Å². The molecule has 0 bridgehead atoms. The number of amides is 3. The molecule has 4 heterocycles. The number of pyridine rings is 1. The lowest BCUT2D eigenvalue weighted by atomic mass is 9.99. The molecule has 2 aliphatic rings. The Bertz CT molecular complexity index is 1740. The summed E-state index contributed by atoms with van der Waals surface area (Å²) in [7, 11) is 0. The van der Waals surface area contributed by atoms with E-state index in [4.69, 9.17) is 0 Å². The number of aliphatic hydroxyl groups excluding tert-OH is 1. The van der Waals surface area contributed by atoms with Gasteiger partial charge in [0.2, 0.25) is 17.7 Å². The molecule has 2 fully saturated rings. The van der Waals surface area contributed by atoms with Crippen LogP contribution in [0.1, 0.15) is 44.3 Å². The van der Waals surface area contributed by atoms with Crippen LogP contribution in [0.5, 0.6) is 0 Å². The zero-order valence-corrected chi connectivity index (χ0v) is 25.5. The van der Waals surface area contributed by atoms with Crippen LogP contribution < -0.4 is 10.6 Å². The maximum atomic E-state index is 14.0. The Morgan fingerprint density at radius 3 is 2.60 bits per heavy atom. The topological polar surface area (TPSA) is 155 Å². The standard InChI is InChI=1S/C30H31BrN8O4/c1-16(40)28-21-9-19(20-12-32-17(2)33-13-20)7-8-22(21)38(37-28)14-27(42)39-23(10-30(11-24(30)39)15-34-18(3)41)29(43)36-26-6-4-5-25(31)35-26/h4-9,12-13,16,23-24,40H,10-11,14-15H2,1-3H3,(H,34,41)(H,35,36,43)/t16?,23-,24-,30+/m0/s1. The second-order valence-corrected chi connectivity index (χ2v) is 12.1. The molecule has 4 aromatic rings. The third-order valence-corrected chi connectivity index (χ3v) is 8.68. The molecule has 0 spiro atoms. The molecule has 1 unspecified atom stereocenters. The van der Waals surface area contributed by atoms with Crippen LogP contribution in [-0.2, 0) is 20.9 Å². The number of anilines is 1. The first-order chi connectivity index (χ1) is 20.5. The van der Waals surface area contributed by atoms with Crippen molar-refractivity contribution >= 4 is 50.4 Å². The highest BCUT2D eigenvalue weighted by Gasteiger charge is 2.67. The minimum absolute atomic E-state index is 0.123. The maximum absolute atomic E-state index is 14.0. The number of hydrogen-bond donors (Lipinski definition) is 3. The first-order valence-corrected chi connectivity index (χ1v) is 14.8. The van der Waals surface area contributed by atoms with Crippen molar-refractivity contribution in [1.29, 1.82) is 0 Å². The summed E-state index contributed by atoms with van der Waals surface area (Å²) in [6, 6.07) is 9.95. The number of nitrogens with zero attached hydrogens (tertiary/aromatic N) is 6. The van der Waals surface area contributed by atoms with Crippen LogP contribution in [-0.4, -0.2) is 71.1 Å². The van der Waals surface area contributed by atoms with Gasteiger partial charge in [-0.3, -0.25) is 19.1 Å². The molecule has 1 aliphatic carbocycles. The fourth-order valence-corrected chi connectivity index (χ4v) is 6.36. The van der Waals surface area contributed by atoms with Crippen molar-refractivity contribution in [3.63, 3.8) is 0 Å². The predicted molar refractivity (Wildman–Crippen MR) is 161 cm³/mol. The lowest BCUT2D eigenvalue weighted by molar-refractivity contribution is -0.138. The molecule has 1 saturated carbocycles. The number of fused-ring (bicyclic) bond motifs is 2. The second kappa shape index (κ2) is 11.1. The van der Waals surface area contributed by atoms with Gasteiger partial charge < -0.3 is 20.6 Å². The molecule has 3 aromatic heterocycles. The third-order valence-electron chi connectivity index (χ3n) is 8.24. The highest BCUT2D eigenvalue weighted by atomic mass is 79.9. The van der Waals surface area contributed by atoms with Gasteiger partial charge in [0.25, 0.3) is 0 Å². The molecule has 1 aliphatic heterocycles. The average Bonchev–Trinajstić information content (AvgIpc) is 3.39. The zero-order valence-electron chi connectivity index (χ0n) is 23.9. The molecular weight excluding hydrogens is 616 g/mol. The van der Waals surface area contributed by atoms with E-state index < -0.39 is 12.1 Å². The predicted octanol–water partition coefficient (Wildman–Crippen LogP) is 3.15. The summed E-state index contributed by atoms with van der Waals surface area (Å²) in [6.07, 6.45) is 3.72. The van der Waals surface area contributed by atoms with Crippen molar-refractivity contribution < 1.29 is 19.5 Å². The van der Waals surface area contributed by atoms with Gasteiger partial charge in [-0.25, -0.2) is 15.0 Å². The van der Waals surface area contributed by atoms with Gasteiger partial charge >= 0.3 is 0 Å². The number of nitrogens with one attached hydrogen (secondary N) is 2. The average molecular weight is 648 g/mol. The van der Waals surface area contributed by atoms with Crippen molar-refractivity contribution in [2.75, 3.05) is 11.9 Å². The number of aromatic nitrogens is 5. The molecule has 6 rings (SSSR count). The van der Waals surface area contributed by atoms with Crippen LogP contribution >= 0.6 is 15.9 Å². The number of rotatable bonds is 8. The largest absolute Gasteiger partial charge is 0.387 e. The van der Waals surface area contributed by atoms with Crippen LogP contribution in [0.3, 0.4) is 0 Å². The Morgan fingerprint density at radius 2 is 1.91 bits per heavy atom. The van der Waals surface area contributed by atoms with Gasteiger partial charge in [0.05, 0.1) is 17.3 Å². The molecule has 222 valence electrons.